The zero-order valence-electron chi connectivity index (χ0n) is 18.3. The van der Waals surface area contributed by atoms with Gasteiger partial charge in [0.05, 0.1) is 11.3 Å². The number of para-hydroxylation sites is 1. The molecule has 1 fully saturated rings. The maximum absolute atomic E-state index is 13.0. The molecule has 2 aromatic carbocycles. The van der Waals surface area contributed by atoms with Crippen molar-refractivity contribution in [1.29, 1.82) is 0 Å². The quantitative estimate of drug-likeness (QED) is 0.617. The number of hydrogen-bond acceptors (Lipinski definition) is 5. The van der Waals surface area contributed by atoms with Gasteiger partial charge in [-0.25, -0.2) is 14.4 Å². The maximum atomic E-state index is 13.0. The van der Waals surface area contributed by atoms with Gasteiger partial charge in [-0.05, 0) is 56.2 Å². The number of likely N-dealkylation sites (tertiary alicyclic amines) is 1. The Hall–Kier alpha value is -3.81. The highest BCUT2D eigenvalue weighted by Gasteiger charge is 2.27. The minimum absolute atomic E-state index is 0.0153. The monoisotopic (exact) mass is 448 g/mol. The van der Waals surface area contributed by atoms with E-state index in [1.54, 1.807) is 18.0 Å². The number of anilines is 1. The molecule has 1 N–H and O–H groups in total. The van der Waals surface area contributed by atoms with Crippen molar-refractivity contribution in [2.75, 3.05) is 25.0 Å². The van der Waals surface area contributed by atoms with Crippen LogP contribution in [0.4, 0.5) is 10.1 Å². The van der Waals surface area contributed by atoms with Crippen molar-refractivity contribution < 1.29 is 18.7 Å². The standard InChI is InChI=1S/C25H25FN4O3/c1-17-22(25(32)29-20-7-3-2-4-8-20)14-27-24(28-17)18-6-5-13-30(15-18)23(31)16-33-21-11-9-19(26)10-12-21/h2-4,7-12,14,18H,5-6,13,15-16H2,1H3,(H,29,32)/t18-/m1/s1. The Morgan fingerprint density at radius 2 is 1.91 bits per heavy atom. The summed E-state index contributed by atoms with van der Waals surface area (Å²) in [5.74, 6) is 0.301. The fourth-order valence-electron chi connectivity index (χ4n) is 3.81. The lowest BCUT2D eigenvalue weighted by Crippen LogP contribution is -2.42. The van der Waals surface area contributed by atoms with Crippen molar-refractivity contribution in [3.05, 3.63) is 83.7 Å². The second kappa shape index (κ2) is 10.2. The van der Waals surface area contributed by atoms with Gasteiger partial charge in [0.25, 0.3) is 11.8 Å². The molecule has 7 nitrogen and oxygen atoms in total. The number of amides is 2. The van der Waals surface area contributed by atoms with Crippen LogP contribution < -0.4 is 10.1 Å². The molecule has 1 atom stereocenters. The molecule has 33 heavy (non-hydrogen) atoms. The summed E-state index contributed by atoms with van der Waals surface area (Å²) in [6.07, 6.45) is 3.23. The van der Waals surface area contributed by atoms with Gasteiger partial charge in [-0.15, -0.1) is 0 Å². The van der Waals surface area contributed by atoms with Gasteiger partial charge >= 0.3 is 0 Å². The zero-order chi connectivity index (χ0) is 23.2. The molecule has 1 aromatic heterocycles. The summed E-state index contributed by atoms with van der Waals surface area (Å²) >= 11 is 0. The summed E-state index contributed by atoms with van der Waals surface area (Å²) in [5, 5.41) is 2.84. The zero-order valence-corrected chi connectivity index (χ0v) is 18.3. The summed E-state index contributed by atoms with van der Waals surface area (Å²) in [4.78, 5) is 36.0. The van der Waals surface area contributed by atoms with Gasteiger partial charge in [0.2, 0.25) is 0 Å². The van der Waals surface area contributed by atoms with Crippen LogP contribution in [0.3, 0.4) is 0 Å². The van der Waals surface area contributed by atoms with Gasteiger partial charge in [-0.2, -0.15) is 0 Å². The molecule has 1 saturated heterocycles. The molecule has 170 valence electrons. The summed E-state index contributed by atoms with van der Waals surface area (Å²) in [5.41, 5.74) is 1.71. The number of nitrogens with zero attached hydrogens (tertiary/aromatic N) is 3. The van der Waals surface area contributed by atoms with Gasteiger partial charge in [0, 0.05) is 30.9 Å². The highest BCUT2D eigenvalue weighted by atomic mass is 19.1. The number of ether oxygens (including phenoxy) is 1. The van der Waals surface area contributed by atoms with Gasteiger partial charge in [-0.1, -0.05) is 18.2 Å². The fourth-order valence-corrected chi connectivity index (χ4v) is 3.81. The average molecular weight is 448 g/mol. The third-order valence-electron chi connectivity index (χ3n) is 5.59. The van der Waals surface area contributed by atoms with Crippen LogP contribution >= 0.6 is 0 Å². The molecule has 0 radical (unpaired) electrons. The lowest BCUT2D eigenvalue weighted by atomic mass is 9.97. The smallest absolute Gasteiger partial charge is 0.260 e. The van der Waals surface area contributed by atoms with E-state index in [0.29, 0.717) is 41.6 Å². The van der Waals surface area contributed by atoms with E-state index in [0.717, 1.165) is 12.8 Å². The molecular weight excluding hydrogens is 423 g/mol. The highest BCUT2D eigenvalue weighted by Crippen LogP contribution is 2.25. The van der Waals surface area contributed by atoms with E-state index >= 15 is 0 Å². The fraction of sp³-hybridized carbons (Fsp3) is 0.280. The number of piperidine rings is 1. The lowest BCUT2D eigenvalue weighted by Gasteiger charge is -2.32. The second-order valence-corrected chi connectivity index (χ2v) is 7.97. The summed E-state index contributed by atoms with van der Waals surface area (Å²) in [6, 6.07) is 14.8. The Morgan fingerprint density at radius 1 is 1.15 bits per heavy atom. The number of carbonyl (C=O) groups is 2. The first-order chi connectivity index (χ1) is 16.0. The predicted octanol–water partition coefficient (Wildman–Crippen LogP) is 3.96. The molecule has 2 amide bonds. The topological polar surface area (TPSA) is 84.4 Å². The second-order valence-electron chi connectivity index (χ2n) is 7.97. The van der Waals surface area contributed by atoms with Crippen LogP contribution in [0.15, 0.2) is 60.8 Å². The molecule has 0 saturated carbocycles. The van der Waals surface area contributed by atoms with E-state index in [1.165, 1.54) is 24.3 Å². The summed E-state index contributed by atoms with van der Waals surface area (Å²) in [7, 11) is 0. The molecule has 1 aliphatic heterocycles. The molecule has 3 aromatic rings. The molecule has 1 aliphatic rings. The van der Waals surface area contributed by atoms with Gasteiger partial charge in [0.15, 0.2) is 6.61 Å². The molecule has 0 spiro atoms. The number of aryl methyl sites for hydroxylation is 1. The lowest BCUT2D eigenvalue weighted by molar-refractivity contribution is -0.134. The van der Waals surface area contributed by atoms with E-state index in [9.17, 15) is 14.0 Å². The van der Waals surface area contributed by atoms with Crippen molar-refractivity contribution in [3.63, 3.8) is 0 Å². The van der Waals surface area contributed by atoms with E-state index < -0.39 is 0 Å². The first-order valence-corrected chi connectivity index (χ1v) is 10.9. The number of nitrogens with one attached hydrogen (secondary N) is 1. The van der Waals surface area contributed by atoms with Crippen molar-refractivity contribution in [2.24, 2.45) is 0 Å². The number of rotatable bonds is 6. The Morgan fingerprint density at radius 3 is 2.64 bits per heavy atom. The molecule has 0 unspecified atom stereocenters. The van der Waals surface area contributed by atoms with E-state index in [1.807, 2.05) is 30.3 Å². The molecule has 0 aliphatic carbocycles. The van der Waals surface area contributed by atoms with Crippen molar-refractivity contribution in [3.8, 4) is 5.75 Å². The third-order valence-corrected chi connectivity index (χ3v) is 5.59. The van der Waals surface area contributed by atoms with Crippen molar-refractivity contribution in [1.82, 2.24) is 14.9 Å². The van der Waals surface area contributed by atoms with E-state index in [2.05, 4.69) is 15.3 Å². The van der Waals surface area contributed by atoms with Gasteiger partial charge < -0.3 is 15.0 Å². The van der Waals surface area contributed by atoms with Gasteiger partial charge in [0.1, 0.15) is 17.4 Å². The third kappa shape index (κ3) is 5.71. The number of aromatic nitrogens is 2. The number of carbonyl (C=O) groups excluding carboxylic acids is 2. The van der Waals surface area contributed by atoms with Crippen LogP contribution in [0.25, 0.3) is 0 Å². The van der Waals surface area contributed by atoms with Crippen LogP contribution in [-0.4, -0.2) is 46.4 Å². The Labute approximate surface area is 191 Å². The Kier molecular flexibility index (Phi) is 6.92. The maximum Gasteiger partial charge on any atom is 0.260 e. The molecule has 2 heterocycles. The number of hydrogen-bond donors (Lipinski definition) is 1. The largest absolute Gasteiger partial charge is 0.484 e. The number of halogens is 1. The van der Waals surface area contributed by atoms with Crippen LogP contribution in [0, 0.1) is 12.7 Å². The minimum Gasteiger partial charge on any atom is -0.484 e. The van der Waals surface area contributed by atoms with Crippen LogP contribution in [0.5, 0.6) is 5.75 Å². The molecule has 0 bridgehead atoms. The van der Waals surface area contributed by atoms with Crippen LogP contribution in [-0.2, 0) is 4.79 Å². The van der Waals surface area contributed by atoms with Gasteiger partial charge in [-0.3, -0.25) is 9.59 Å². The first-order valence-electron chi connectivity index (χ1n) is 10.9. The molecule has 8 heteroatoms. The molecule has 4 rings (SSSR count). The van der Waals surface area contributed by atoms with E-state index in [4.69, 9.17) is 4.74 Å². The summed E-state index contributed by atoms with van der Waals surface area (Å²) in [6.45, 7) is 2.80. The first kappa shape index (κ1) is 22.4. The van der Waals surface area contributed by atoms with Crippen molar-refractivity contribution in [2.45, 2.75) is 25.7 Å². The number of benzene rings is 2. The van der Waals surface area contributed by atoms with E-state index in [-0.39, 0.29) is 30.2 Å². The predicted molar refractivity (Wildman–Crippen MR) is 122 cm³/mol. The normalized spacial score (nSPS) is 15.7. The average Bonchev–Trinajstić information content (AvgIpc) is 2.84. The Balaban J connectivity index is 1.37. The minimum atomic E-state index is -0.355. The summed E-state index contributed by atoms with van der Waals surface area (Å²) < 4.78 is 18.5. The molecular formula is C25H25FN4O3. The SMILES string of the molecule is Cc1nc([C@@H]2CCCN(C(=O)COc3ccc(F)cc3)C2)ncc1C(=O)Nc1ccccc1. The highest BCUT2D eigenvalue weighted by molar-refractivity contribution is 6.04. The van der Waals surface area contributed by atoms with Crippen LogP contribution in [0.2, 0.25) is 0 Å². The van der Waals surface area contributed by atoms with Crippen LogP contribution in [0.1, 0.15) is 40.6 Å². The van der Waals surface area contributed by atoms with Crippen molar-refractivity contribution >= 4 is 17.5 Å². The Bertz CT molecular complexity index is 1120.